The number of carbonyl (C=O) groups excluding carboxylic acids is 1. The highest BCUT2D eigenvalue weighted by molar-refractivity contribution is 5.74. The number of hydrogen-bond acceptors (Lipinski definition) is 3. The van der Waals surface area contributed by atoms with Crippen molar-refractivity contribution < 1.29 is 4.79 Å². The van der Waals surface area contributed by atoms with Gasteiger partial charge in [0.05, 0.1) is 24.5 Å². The van der Waals surface area contributed by atoms with Crippen LogP contribution in [0.15, 0.2) is 24.7 Å². The Morgan fingerprint density at radius 2 is 2.24 bits per heavy atom. The third-order valence-electron chi connectivity index (χ3n) is 3.89. The van der Waals surface area contributed by atoms with Crippen LogP contribution in [0.2, 0.25) is 0 Å². The Bertz CT molecular complexity index is 630. The minimum absolute atomic E-state index is 0.0139. The highest BCUT2D eigenvalue weighted by Crippen LogP contribution is 2.26. The maximum Gasteiger partial charge on any atom is 0.320 e. The van der Waals surface area contributed by atoms with Gasteiger partial charge >= 0.3 is 6.03 Å². The molecule has 0 bridgehead atoms. The lowest BCUT2D eigenvalue weighted by Gasteiger charge is -2.36. The maximum atomic E-state index is 12.2. The summed E-state index contributed by atoms with van der Waals surface area (Å²) in [5.74, 6) is 0.943. The van der Waals surface area contributed by atoms with Gasteiger partial charge in [-0.1, -0.05) is 0 Å². The highest BCUT2D eigenvalue weighted by atomic mass is 16.2. The standard InChI is InChI=1S/C14H20N6O/c1-11-13-15-9-12(10-18-6-4-5-16-18)20(13)8-7-19(11)14(21)17(2)3/h4-6,9,11H,7-8,10H2,1-3H3/t11-/m1/s1. The number of nitrogens with zero attached hydrogens (tertiary/aromatic N) is 6. The molecule has 7 nitrogen and oxygen atoms in total. The number of hydrogen-bond donors (Lipinski definition) is 0. The van der Waals surface area contributed by atoms with Gasteiger partial charge in [-0.3, -0.25) is 4.68 Å². The van der Waals surface area contributed by atoms with Crippen LogP contribution in [-0.4, -0.2) is 55.8 Å². The molecule has 0 saturated carbocycles. The van der Waals surface area contributed by atoms with Crippen LogP contribution in [-0.2, 0) is 13.1 Å². The van der Waals surface area contributed by atoms with Crippen molar-refractivity contribution in [3.05, 3.63) is 36.2 Å². The molecule has 2 aromatic heterocycles. The summed E-state index contributed by atoms with van der Waals surface area (Å²) in [4.78, 5) is 20.2. The van der Waals surface area contributed by atoms with Crippen molar-refractivity contribution in [3.63, 3.8) is 0 Å². The first-order chi connectivity index (χ1) is 10.1. The minimum Gasteiger partial charge on any atom is -0.331 e. The molecule has 1 atom stereocenters. The van der Waals surface area contributed by atoms with Crippen LogP contribution < -0.4 is 0 Å². The van der Waals surface area contributed by atoms with Gasteiger partial charge < -0.3 is 14.4 Å². The smallest absolute Gasteiger partial charge is 0.320 e. The summed E-state index contributed by atoms with van der Waals surface area (Å²) in [6.45, 7) is 4.20. The second-order valence-corrected chi connectivity index (χ2v) is 5.51. The number of fused-ring (bicyclic) bond motifs is 1. The quantitative estimate of drug-likeness (QED) is 0.834. The van der Waals surface area contributed by atoms with Crippen molar-refractivity contribution in [1.82, 2.24) is 29.1 Å². The number of carbonyl (C=O) groups is 1. The number of urea groups is 1. The van der Waals surface area contributed by atoms with Crippen LogP contribution in [0.3, 0.4) is 0 Å². The molecule has 0 aliphatic carbocycles. The molecule has 21 heavy (non-hydrogen) atoms. The van der Waals surface area contributed by atoms with E-state index in [2.05, 4.69) is 14.6 Å². The molecule has 0 fully saturated rings. The average Bonchev–Trinajstić information content (AvgIpc) is 3.09. The maximum absolute atomic E-state index is 12.2. The van der Waals surface area contributed by atoms with Crippen LogP contribution in [0.4, 0.5) is 4.79 Å². The van der Waals surface area contributed by atoms with Gasteiger partial charge in [-0.2, -0.15) is 5.10 Å². The summed E-state index contributed by atoms with van der Waals surface area (Å²) in [7, 11) is 3.55. The van der Waals surface area contributed by atoms with E-state index in [9.17, 15) is 4.79 Å². The van der Waals surface area contributed by atoms with E-state index in [0.717, 1.165) is 18.1 Å². The summed E-state index contributed by atoms with van der Waals surface area (Å²) >= 11 is 0. The molecule has 3 heterocycles. The van der Waals surface area contributed by atoms with E-state index in [0.29, 0.717) is 13.1 Å². The SMILES string of the molecule is C[C@@H]1c2ncc(Cn3cccn3)n2CCN1C(=O)N(C)C. The van der Waals surface area contributed by atoms with Gasteiger partial charge in [0.2, 0.25) is 0 Å². The zero-order chi connectivity index (χ0) is 15.0. The van der Waals surface area contributed by atoms with Crippen molar-refractivity contribution in [3.8, 4) is 0 Å². The summed E-state index contributed by atoms with van der Waals surface area (Å²) in [5, 5.41) is 4.23. The fourth-order valence-electron chi connectivity index (χ4n) is 2.76. The Labute approximate surface area is 123 Å². The Morgan fingerprint density at radius 3 is 2.90 bits per heavy atom. The van der Waals surface area contributed by atoms with E-state index < -0.39 is 0 Å². The lowest BCUT2D eigenvalue weighted by atomic mass is 10.2. The first kappa shape index (κ1) is 13.7. The summed E-state index contributed by atoms with van der Waals surface area (Å²) < 4.78 is 4.08. The topological polar surface area (TPSA) is 59.2 Å². The van der Waals surface area contributed by atoms with Gasteiger partial charge in [0.25, 0.3) is 0 Å². The number of amides is 2. The molecule has 2 aromatic rings. The van der Waals surface area contributed by atoms with Crippen LogP contribution >= 0.6 is 0 Å². The Balaban J connectivity index is 1.84. The molecular weight excluding hydrogens is 268 g/mol. The highest BCUT2D eigenvalue weighted by Gasteiger charge is 2.30. The van der Waals surface area contributed by atoms with Gasteiger partial charge in [-0.15, -0.1) is 0 Å². The summed E-state index contributed by atoms with van der Waals surface area (Å²) in [5.41, 5.74) is 1.12. The molecule has 3 rings (SSSR count). The molecule has 112 valence electrons. The van der Waals surface area contributed by atoms with Crippen molar-refractivity contribution >= 4 is 6.03 Å². The molecule has 0 saturated heterocycles. The van der Waals surface area contributed by atoms with E-state index in [-0.39, 0.29) is 12.1 Å². The molecular formula is C14H20N6O. The summed E-state index contributed by atoms with van der Waals surface area (Å²) in [6, 6.07) is 1.93. The Hall–Kier alpha value is -2.31. The first-order valence-electron chi connectivity index (χ1n) is 7.07. The fourth-order valence-corrected chi connectivity index (χ4v) is 2.76. The molecule has 1 aliphatic rings. The number of aromatic nitrogens is 4. The van der Waals surface area contributed by atoms with Gasteiger partial charge in [0.1, 0.15) is 5.82 Å². The monoisotopic (exact) mass is 288 g/mol. The van der Waals surface area contributed by atoms with Crippen LogP contribution in [0.25, 0.3) is 0 Å². The normalized spacial score (nSPS) is 17.7. The lowest BCUT2D eigenvalue weighted by molar-refractivity contribution is 0.136. The van der Waals surface area contributed by atoms with Crippen molar-refractivity contribution in [2.24, 2.45) is 0 Å². The van der Waals surface area contributed by atoms with E-state index >= 15 is 0 Å². The lowest BCUT2D eigenvalue weighted by Crippen LogP contribution is -2.46. The predicted molar refractivity (Wildman–Crippen MR) is 77.8 cm³/mol. The van der Waals surface area contributed by atoms with E-state index in [1.54, 1.807) is 25.2 Å². The zero-order valence-electron chi connectivity index (χ0n) is 12.6. The molecule has 0 radical (unpaired) electrons. The third kappa shape index (κ3) is 2.39. The molecule has 1 aliphatic heterocycles. The molecule has 7 heteroatoms. The van der Waals surface area contributed by atoms with Gasteiger partial charge in [0, 0.05) is 39.6 Å². The molecule has 0 spiro atoms. The second-order valence-electron chi connectivity index (χ2n) is 5.51. The van der Waals surface area contributed by atoms with Gasteiger partial charge in [-0.25, -0.2) is 9.78 Å². The van der Waals surface area contributed by atoms with Crippen LogP contribution in [0, 0.1) is 0 Å². The average molecular weight is 288 g/mol. The Kier molecular flexibility index (Phi) is 3.40. The number of imidazole rings is 1. The van der Waals surface area contributed by atoms with Crippen molar-refractivity contribution in [2.45, 2.75) is 26.1 Å². The van der Waals surface area contributed by atoms with Gasteiger partial charge in [-0.05, 0) is 13.0 Å². The van der Waals surface area contributed by atoms with E-state index in [4.69, 9.17) is 0 Å². The number of rotatable bonds is 2. The largest absolute Gasteiger partial charge is 0.331 e. The van der Waals surface area contributed by atoms with Crippen molar-refractivity contribution in [2.75, 3.05) is 20.6 Å². The van der Waals surface area contributed by atoms with Crippen LogP contribution in [0.5, 0.6) is 0 Å². The zero-order valence-corrected chi connectivity index (χ0v) is 12.6. The van der Waals surface area contributed by atoms with Crippen molar-refractivity contribution in [1.29, 1.82) is 0 Å². The first-order valence-corrected chi connectivity index (χ1v) is 7.07. The molecule has 0 N–H and O–H groups in total. The van der Waals surface area contributed by atoms with E-state index in [1.165, 1.54) is 0 Å². The molecule has 0 unspecified atom stereocenters. The molecule has 0 aromatic carbocycles. The second kappa shape index (κ2) is 5.23. The molecule has 2 amide bonds. The predicted octanol–water partition coefficient (Wildman–Crippen LogP) is 1.19. The van der Waals surface area contributed by atoms with E-state index in [1.807, 2.05) is 35.0 Å². The fraction of sp³-hybridized carbons (Fsp3) is 0.500. The minimum atomic E-state index is -0.0139. The Morgan fingerprint density at radius 1 is 1.43 bits per heavy atom. The summed E-state index contributed by atoms with van der Waals surface area (Å²) in [6.07, 6.45) is 5.60. The third-order valence-corrected chi connectivity index (χ3v) is 3.89. The van der Waals surface area contributed by atoms with Crippen LogP contribution in [0.1, 0.15) is 24.5 Å². The van der Waals surface area contributed by atoms with Gasteiger partial charge in [0.15, 0.2) is 0 Å².